The van der Waals surface area contributed by atoms with E-state index >= 15 is 0 Å². The van der Waals surface area contributed by atoms with Crippen LogP contribution in [0.25, 0.3) is 11.3 Å². The summed E-state index contributed by atoms with van der Waals surface area (Å²) in [6.07, 6.45) is 1.33. The molecule has 0 aliphatic rings. The minimum atomic E-state index is -0.361. The van der Waals surface area contributed by atoms with Gasteiger partial charge in [-0.15, -0.1) is 0 Å². The van der Waals surface area contributed by atoms with Gasteiger partial charge in [0.25, 0.3) is 5.56 Å². The fraction of sp³-hybridized carbons (Fsp3) is 0.267. The van der Waals surface area contributed by atoms with Gasteiger partial charge in [-0.2, -0.15) is 5.10 Å². The van der Waals surface area contributed by atoms with Gasteiger partial charge in [-0.3, -0.25) is 9.59 Å². The van der Waals surface area contributed by atoms with Crippen LogP contribution in [0, 0.1) is 0 Å². The Balaban J connectivity index is 2.65. The van der Waals surface area contributed by atoms with Crippen LogP contribution in [0.5, 0.6) is 5.75 Å². The van der Waals surface area contributed by atoms with Crippen LogP contribution in [0.1, 0.15) is 23.7 Å². The quantitative estimate of drug-likeness (QED) is 0.782. The first-order chi connectivity index (χ1) is 9.71. The third-order valence-electron chi connectivity index (χ3n) is 2.95. The molecular formula is C15H16N2O3. The van der Waals surface area contributed by atoms with Crippen LogP contribution in [0.15, 0.2) is 35.1 Å². The third kappa shape index (κ3) is 2.61. The summed E-state index contributed by atoms with van der Waals surface area (Å²) in [7, 11) is 1.57. The van der Waals surface area contributed by atoms with Crippen molar-refractivity contribution in [3.05, 3.63) is 46.2 Å². The molecular weight excluding hydrogens is 256 g/mol. The number of carbonyl (C=O) groups is 1. The van der Waals surface area contributed by atoms with E-state index in [0.29, 0.717) is 24.3 Å². The molecule has 0 N–H and O–H groups in total. The Morgan fingerprint density at radius 1 is 1.35 bits per heavy atom. The summed E-state index contributed by atoms with van der Waals surface area (Å²) in [5.41, 5.74) is 1.05. The molecule has 0 fully saturated rings. The Bertz CT molecular complexity index is 677. The van der Waals surface area contributed by atoms with Crippen molar-refractivity contribution in [2.45, 2.75) is 19.9 Å². The molecule has 0 spiro atoms. The van der Waals surface area contributed by atoms with Crippen LogP contribution < -0.4 is 10.3 Å². The highest BCUT2D eigenvalue weighted by Gasteiger charge is 2.12. The lowest BCUT2D eigenvalue weighted by atomic mass is 10.1. The number of aldehydes is 1. The number of benzene rings is 1. The maximum Gasteiger partial charge on any atom is 0.277 e. The first-order valence-corrected chi connectivity index (χ1v) is 6.42. The van der Waals surface area contributed by atoms with Crippen LogP contribution >= 0.6 is 0 Å². The molecule has 0 radical (unpaired) electrons. The van der Waals surface area contributed by atoms with Gasteiger partial charge in [-0.25, -0.2) is 4.68 Å². The standard InChI is InChI=1S/C15H16N2O3/c1-3-8-17-15(19)11(10-18)9-13(16-17)12-6-4-5-7-14(12)20-2/h4-7,9-10H,3,8H2,1-2H3. The molecule has 0 bridgehead atoms. The predicted molar refractivity (Wildman–Crippen MR) is 76.2 cm³/mol. The third-order valence-corrected chi connectivity index (χ3v) is 2.95. The number of carbonyl (C=O) groups excluding carboxylic acids is 1. The second kappa shape index (κ2) is 6.14. The van der Waals surface area contributed by atoms with Gasteiger partial charge < -0.3 is 4.74 Å². The number of aryl methyl sites for hydroxylation is 1. The van der Waals surface area contributed by atoms with Crippen molar-refractivity contribution in [2.75, 3.05) is 7.11 Å². The molecule has 0 saturated carbocycles. The number of hydrogen-bond acceptors (Lipinski definition) is 4. The SMILES string of the molecule is CCCn1nc(-c2ccccc2OC)cc(C=O)c1=O. The van der Waals surface area contributed by atoms with Gasteiger partial charge in [0.1, 0.15) is 5.75 Å². The van der Waals surface area contributed by atoms with Crippen molar-refractivity contribution in [2.24, 2.45) is 0 Å². The monoisotopic (exact) mass is 272 g/mol. The van der Waals surface area contributed by atoms with Crippen molar-refractivity contribution in [1.82, 2.24) is 9.78 Å². The number of hydrogen-bond donors (Lipinski definition) is 0. The molecule has 2 aromatic rings. The van der Waals surface area contributed by atoms with Gasteiger partial charge in [-0.05, 0) is 24.6 Å². The summed E-state index contributed by atoms with van der Waals surface area (Å²) in [4.78, 5) is 23.0. The molecule has 0 aliphatic heterocycles. The van der Waals surface area contributed by atoms with Crippen molar-refractivity contribution < 1.29 is 9.53 Å². The molecule has 0 aliphatic carbocycles. The summed E-state index contributed by atoms with van der Waals surface area (Å²) in [5, 5.41) is 4.31. The topological polar surface area (TPSA) is 61.2 Å². The Hall–Kier alpha value is -2.43. The molecule has 20 heavy (non-hydrogen) atoms. The summed E-state index contributed by atoms with van der Waals surface area (Å²) < 4.78 is 6.61. The van der Waals surface area contributed by atoms with Gasteiger partial charge in [0.2, 0.25) is 0 Å². The fourth-order valence-corrected chi connectivity index (χ4v) is 2.00. The normalized spacial score (nSPS) is 10.3. The summed E-state index contributed by atoms with van der Waals surface area (Å²) >= 11 is 0. The zero-order valence-electron chi connectivity index (χ0n) is 11.5. The first kappa shape index (κ1) is 14.0. The van der Waals surface area contributed by atoms with E-state index in [1.807, 2.05) is 31.2 Å². The Labute approximate surface area is 116 Å². The molecule has 1 heterocycles. The molecule has 0 saturated heterocycles. The molecule has 0 amide bonds. The number of methoxy groups -OCH3 is 1. The predicted octanol–water partition coefficient (Wildman–Crippen LogP) is 2.14. The van der Waals surface area contributed by atoms with Crippen LogP contribution in [0.4, 0.5) is 0 Å². The van der Waals surface area contributed by atoms with Crippen molar-refractivity contribution in [1.29, 1.82) is 0 Å². The van der Waals surface area contributed by atoms with E-state index in [4.69, 9.17) is 4.74 Å². The lowest BCUT2D eigenvalue weighted by Gasteiger charge is -2.10. The second-order valence-electron chi connectivity index (χ2n) is 4.33. The highest BCUT2D eigenvalue weighted by Crippen LogP contribution is 2.27. The number of nitrogens with zero attached hydrogens (tertiary/aromatic N) is 2. The molecule has 0 unspecified atom stereocenters. The van der Waals surface area contributed by atoms with Crippen LogP contribution in [-0.2, 0) is 6.54 Å². The van der Waals surface area contributed by atoms with Gasteiger partial charge >= 0.3 is 0 Å². The minimum absolute atomic E-state index is 0.106. The highest BCUT2D eigenvalue weighted by atomic mass is 16.5. The number of ether oxygens (including phenoxy) is 1. The number of para-hydroxylation sites is 1. The van der Waals surface area contributed by atoms with Crippen molar-refractivity contribution >= 4 is 6.29 Å². The van der Waals surface area contributed by atoms with E-state index in [1.165, 1.54) is 10.7 Å². The summed E-state index contributed by atoms with van der Waals surface area (Å²) in [6, 6.07) is 8.86. The summed E-state index contributed by atoms with van der Waals surface area (Å²) in [6.45, 7) is 2.42. The molecule has 1 aromatic carbocycles. The minimum Gasteiger partial charge on any atom is -0.496 e. The smallest absolute Gasteiger partial charge is 0.277 e. The fourth-order valence-electron chi connectivity index (χ4n) is 2.00. The lowest BCUT2D eigenvalue weighted by Crippen LogP contribution is -2.26. The van der Waals surface area contributed by atoms with Crippen molar-refractivity contribution in [3.63, 3.8) is 0 Å². The van der Waals surface area contributed by atoms with Crippen LogP contribution in [-0.4, -0.2) is 23.2 Å². The largest absolute Gasteiger partial charge is 0.496 e. The van der Waals surface area contributed by atoms with Gasteiger partial charge in [0.15, 0.2) is 6.29 Å². The second-order valence-corrected chi connectivity index (χ2v) is 4.33. The molecule has 5 heteroatoms. The first-order valence-electron chi connectivity index (χ1n) is 6.42. The van der Waals surface area contributed by atoms with Gasteiger partial charge in [0.05, 0.1) is 18.4 Å². The highest BCUT2D eigenvalue weighted by molar-refractivity contribution is 5.78. The maximum absolute atomic E-state index is 12.0. The number of aromatic nitrogens is 2. The average molecular weight is 272 g/mol. The van der Waals surface area contributed by atoms with E-state index in [9.17, 15) is 9.59 Å². The van der Waals surface area contributed by atoms with E-state index in [1.54, 1.807) is 7.11 Å². The lowest BCUT2D eigenvalue weighted by molar-refractivity contribution is 0.112. The van der Waals surface area contributed by atoms with Gasteiger partial charge in [0, 0.05) is 12.1 Å². The Kier molecular flexibility index (Phi) is 4.30. The zero-order chi connectivity index (χ0) is 14.5. The average Bonchev–Trinajstić information content (AvgIpc) is 2.49. The van der Waals surface area contributed by atoms with Crippen molar-refractivity contribution in [3.8, 4) is 17.0 Å². The maximum atomic E-state index is 12.0. The molecule has 2 rings (SSSR count). The molecule has 104 valence electrons. The van der Waals surface area contributed by atoms with E-state index < -0.39 is 0 Å². The molecule has 0 atom stereocenters. The number of rotatable bonds is 5. The zero-order valence-corrected chi connectivity index (χ0v) is 11.5. The Morgan fingerprint density at radius 3 is 2.75 bits per heavy atom. The molecule has 1 aromatic heterocycles. The van der Waals surface area contributed by atoms with Crippen LogP contribution in [0.2, 0.25) is 0 Å². The van der Waals surface area contributed by atoms with E-state index in [2.05, 4.69) is 5.10 Å². The van der Waals surface area contributed by atoms with Gasteiger partial charge in [-0.1, -0.05) is 19.1 Å². The Morgan fingerprint density at radius 2 is 2.10 bits per heavy atom. The van der Waals surface area contributed by atoms with E-state index in [0.717, 1.165) is 12.0 Å². The van der Waals surface area contributed by atoms with E-state index in [-0.39, 0.29) is 11.1 Å². The summed E-state index contributed by atoms with van der Waals surface area (Å²) in [5.74, 6) is 0.651. The molecule has 5 nitrogen and oxygen atoms in total. The van der Waals surface area contributed by atoms with Crippen LogP contribution in [0.3, 0.4) is 0 Å².